The summed E-state index contributed by atoms with van der Waals surface area (Å²) in [4.78, 5) is 33.3. The molecule has 2 rings (SSSR count). The van der Waals surface area contributed by atoms with Crippen LogP contribution < -0.4 is 0 Å². The number of hydrogen-bond donors (Lipinski definition) is 1. The molecule has 0 saturated carbocycles. The summed E-state index contributed by atoms with van der Waals surface area (Å²) in [7, 11) is 0. The fraction of sp³-hybridized carbons (Fsp3) is 0.0833. The SMILES string of the molecule is Cc1cccc(N=C=O)c1N=C=O.c1c[nH]cn1. The van der Waals surface area contributed by atoms with Crippen molar-refractivity contribution in [2.24, 2.45) is 9.98 Å². The van der Waals surface area contributed by atoms with Crippen LogP contribution in [0.1, 0.15) is 5.56 Å². The van der Waals surface area contributed by atoms with Gasteiger partial charge in [-0.05, 0) is 18.6 Å². The molecule has 1 aromatic heterocycles. The smallest absolute Gasteiger partial charge is 0.240 e. The van der Waals surface area contributed by atoms with E-state index in [9.17, 15) is 9.59 Å². The topological polar surface area (TPSA) is 87.5 Å². The third-order valence-corrected chi connectivity index (χ3v) is 1.95. The Labute approximate surface area is 103 Å². The predicted octanol–water partition coefficient (Wildman–Crippen LogP) is 2.34. The predicted molar refractivity (Wildman–Crippen MR) is 65.3 cm³/mol. The zero-order valence-electron chi connectivity index (χ0n) is 9.62. The van der Waals surface area contributed by atoms with Gasteiger partial charge in [-0.15, -0.1) is 0 Å². The minimum Gasteiger partial charge on any atom is -0.351 e. The molecule has 0 unspecified atom stereocenters. The molecule has 90 valence electrons. The third-order valence-electron chi connectivity index (χ3n) is 1.95. The van der Waals surface area contributed by atoms with Crippen LogP contribution in [0.15, 0.2) is 46.9 Å². The molecule has 0 fully saturated rings. The van der Waals surface area contributed by atoms with E-state index in [0.717, 1.165) is 5.56 Å². The summed E-state index contributed by atoms with van der Waals surface area (Å²) in [6.45, 7) is 1.76. The van der Waals surface area contributed by atoms with Gasteiger partial charge in [0.1, 0.15) is 11.4 Å². The van der Waals surface area contributed by atoms with Crippen molar-refractivity contribution >= 4 is 23.5 Å². The molecular weight excluding hydrogens is 232 g/mol. The van der Waals surface area contributed by atoms with Gasteiger partial charge < -0.3 is 4.98 Å². The van der Waals surface area contributed by atoms with E-state index in [1.807, 2.05) is 0 Å². The number of imidazole rings is 1. The molecule has 0 bridgehead atoms. The minimum atomic E-state index is 0.332. The minimum absolute atomic E-state index is 0.332. The molecule has 1 N–H and O–H groups in total. The van der Waals surface area contributed by atoms with Crippen molar-refractivity contribution in [2.75, 3.05) is 0 Å². The Morgan fingerprint density at radius 2 is 2.00 bits per heavy atom. The van der Waals surface area contributed by atoms with Crippen LogP contribution in [0.3, 0.4) is 0 Å². The van der Waals surface area contributed by atoms with Crippen molar-refractivity contribution in [2.45, 2.75) is 6.92 Å². The van der Waals surface area contributed by atoms with Gasteiger partial charge >= 0.3 is 0 Å². The number of nitrogens with zero attached hydrogens (tertiary/aromatic N) is 3. The molecular formula is C12H10N4O2. The van der Waals surface area contributed by atoms with Gasteiger partial charge in [-0.2, -0.15) is 9.98 Å². The highest BCUT2D eigenvalue weighted by molar-refractivity contribution is 5.71. The molecule has 1 heterocycles. The second-order valence-corrected chi connectivity index (χ2v) is 3.11. The number of H-pyrrole nitrogens is 1. The summed E-state index contributed by atoms with van der Waals surface area (Å²) in [5.41, 5.74) is 1.46. The zero-order chi connectivity index (χ0) is 13.2. The van der Waals surface area contributed by atoms with Crippen LogP contribution in [0.25, 0.3) is 0 Å². The highest BCUT2D eigenvalue weighted by Crippen LogP contribution is 2.30. The summed E-state index contributed by atoms with van der Waals surface area (Å²) in [5.74, 6) is 0. The van der Waals surface area contributed by atoms with Crippen molar-refractivity contribution in [3.8, 4) is 0 Å². The maximum Gasteiger partial charge on any atom is 0.240 e. The highest BCUT2D eigenvalue weighted by atomic mass is 16.1. The van der Waals surface area contributed by atoms with E-state index in [2.05, 4.69) is 20.0 Å². The fourth-order valence-corrected chi connectivity index (χ4v) is 1.19. The molecule has 0 spiro atoms. The lowest BCUT2D eigenvalue weighted by atomic mass is 10.2. The number of aryl methyl sites for hydroxylation is 1. The van der Waals surface area contributed by atoms with Crippen LogP contribution in [0, 0.1) is 6.92 Å². The molecule has 0 aliphatic rings. The number of aliphatic imine (C=N–C) groups is 2. The van der Waals surface area contributed by atoms with Crippen LogP contribution in [0.5, 0.6) is 0 Å². The van der Waals surface area contributed by atoms with Gasteiger partial charge in [0.25, 0.3) is 0 Å². The second-order valence-electron chi connectivity index (χ2n) is 3.11. The Morgan fingerprint density at radius 1 is 1.22 bits per heavy atom. The summed E-state index contributed by atoms with van der Waals surface area (Å²) >= 11 is 0. The molecule has 2 aromatic rings. The largest absolute Gasteiger partial charge is 0.351 e. The Hall–Kier alpha value is -2.81. The number of aromatic nitrogens is 2. The van der Waals surface area contributed by atoms with Crippen molar-refractivity contribution in [3.63, 3.8) is 0 Å². The number of hydrogen-bond acceptors (Lipinski definition) is 5. The Balaban J connectivity index is 0.000000269. The molecule has 0 aliphatic heterocycles. The van der Waals surface area contributed by atoms with Gasteiger partial charge in [0.15, 0.2) is 0 Å². The molecule has 0 aliphatic carbocycles. The Morgan fingerprint density at radius 3 is 2.50 bits per heavy atom. The quantitative estimate of drug-likeness (QED) is 0.647. The van der Waals surface area contributed by atoms with Crippen LogP contribution in [0.2, 0.25) is 0 Å². The van der Waals surface area contributed by atoms with Gasteiger partial charge in [0.2, 0.25) is 12.2 Å². The van der Waals surface area contributed by atoms with Crippen LogP contribution >= 0.6 is 0 Å². The van der Waals surface area contributed by atoms with Crippen LogP contribution in [-0.4, -0.2) is 22.1 Å². The lowest BCUT2D eigenvalue weighted by Crippen LogP contribution is -1.74. The molecule has 0 amide bonds. The van der Waals surface area contributed by atoms with E-state index in [0.29, 0.717) is 11.4 Å². The zero-order valence-corrected chi connectivity index (χ0v) is 9.62. The van der Waals surface area contributed by atoms with Gasteiger partial charge in [-0.3, -0.25) is 0 Å². The van der Waals surface area contributed by atoms with Gasteiger partial charge in [-0.1, -0.05) is 12.1 Å². The monoisotopic (exact) mass is 242 g/mol. The van der Waals surface area contributed by atoms with E-state index in [-0.39, 0.29) is 0 Å². The number of carbonyl (C=O) groups excluding carboxylic acids is 2. The number of para-hydroxylation sites is 1. The van der Waals surface area contributed by atoms with Crippen molar-refractivity contribution in [1.29, 1.82) is 0 Å². The molecule has 0 saturated heterocycles. The third kappa shape index (κ3) is 3.98. The Bertz CT molecular complexity index is 563. The summed E-state index contributed by atoms with van der Waals surface area (Å²) in [6, 6.07) is 5.06. The second kappa shape index (κ2) is 7.46. The fourth-order valence-electron chi connectivity index (χ4n) is 1.19. The van der Waals surface area contributed by atoms with Crippen molar-refractivity contribution in [3.05, 3.63) is 42.5 Å². The summed E-state index contributed by atoms with van der Waals surface area (Å²) in [5, 5.41) is 0. The molecule has 6 heteroatoms. The van der Waals surface area contributed by atoms with E-state index < -0.39 is 0 Å². The van der Waals surface area contributed by atoms with E-state index in [1.54, 1.807) is 43.8 Å². The average Bonchev–Trinajstić information content (AvgIpc) is 2.93. The van der Waals surface area contributed by atoms with Crippen LogP contribution in [-0.2, 0) is 9.59 Å². The summed E-state index contributed by atoms with van der Waals surface area (Å²) < 4.78 is 0. The first kappa shape index (κ1) is 13.3. The maximum atomic E-state index is 10.1. The molecule has 1 aromatic carbocycles. The normalized spacial score (nSPS) is 8.28. The number of nitrogens with one attached hydrogen (secondary N) is 1. The average molecular weight is 242 g/mol. The number of benzene rings is 1. The van der Waals surface area contributed by atoms with Crippen molar-refractivity contribution < 1.29 is 9.59 Å². The van der Waals surface area contributed by atoms with E-state index in [4.69, 9.17) is 0 Å². The molecule has 18 heavy (non-hydrogen) atoms. The highest BCUT2D eigenvalue weighted by Gasteiger charge is 2.02. The van der Waals surface area contributed by atoms with E-state index in [1.165, 1.54) is 12.2 Å². The van der Waals surface area contributed by atoms with Gasteiger partial charge in [-0.25, -0.2) is 14.6 Å². The lowest BCUT2D eigenvalue weighted by molar-refractivity contribution is 0.564. The summed E-state index contributed by atoms with van der Waals surface area (Å²) in [6.07, 6.45) is 7.89. The van der Waals surface area contributed by atoms with Crippen molar-refractivity contribution in [1.82, 2.24) is 9.97 Å². The van der Waals surface area contributed by atoms with E-state index >= 15 is 0 Å². The number of rotatable bonds is 2. The maximum absolute atomic E-state index is 10.1. The first-order chi connectivity index (χ1) is 8.79. The lowest BCUT2D eigenvalue weighted by Gasteiger charge is -1.99. The van der Waals surface area contributed by atoms with Gasteiger partial charge in [0, 0.05) is 12.4 Å². The first-order valence-electron chi connectivity index (χ1n) is 4.97. The number of isocyanates is 2. The number of aromatic amines is 1. The standard InChI is InChI=1S/C9H6N2O2.C3H4N2/c1-7-3-2-4-8(10-5-12)9(7)11-6-13;1-2-5-3-4-1/h2-4H,1H3;1-3H,(H,4,5). The first-order valence-corrected chi connectivity index (χ1v) is 4.97. The molecule has 0 atom stereocenters. The van der Waals surface area contributed by atoms with Gasteiger partial charge in [0.05, 0.1) is 6.33 Å². The molecule has 0 radical (unpaired) electrons. The Kier molecular flexibility index (Phi) is 5.49. The molecule has 6 nitrogen and oxygen atoms in total. The van der Waals surface area contributed by atoms with Crippen LogP contribution in [0.4, 0.5) is 11.4 Å².